The zero-order valence-electron chi connectivity index (χ0n) is 17.2. The van der Waals surface area contributed by atoms with Gasteiger partial charge in [0, 0.05) is 6.07 Å². The van der Waals surface area contributed by atoms with Crippen LogP contribution in [0, 0.1) is 0 Å². The molecule has 148 valence electrons. The lowest BCUT2D eigenvalue weighted by molar-refractivity contribution is 0.289. The zero-order valence-corrected chi connectivity index (χ0v) is 18.8. The van der Waals surface area contributed by atoms with Gasteiger partial charge in [-0.3, -0.25) is 4.68 Å². The van der Waals surface area contributed by atoms with Crippen LogP contribution in [0.3, 0.4) is 0 Å². The highest BCUT2D eigenvalue weighted by Crippen LogP contribution is 2.32. The molecule has 0 unspecified atom stereocenters. The Morgan fingerprint density at radius 2 is 1.90 bits per heavy atom. The number of nitrogens with one attached hydrogen (secondary N) is 1. The number of hydrogen-bond acceptors (Lipinski definition) is 7. The average Bonchev–Trinajstić information content (AvgIpc) is 3.11. The Morgan fingerprint density at radius 3 is 2.52 bits per heavy atom. The number of rotatable bonds is 7. The van der Waals surface area contributed by atoms with Gasteiger partial charge in [-0.25, -0.2) is 4.98 Å². The molecule has 1 N–H and O–H groups in total. The fraction of sp³-hybridized carbons (Fsp3) is 0.438. The van der Waals surface area contributed by atoms with Crippen LogP contribution < -0.4 is 10.1 Å². The highest BCUT2D eigenvalue weighted by atomic mass is 79.9. The second-order valence-electron chi connectivity index (χ2n) is 8.66. The summed E-state index contributed by atoms with van der Waals surface area (Å²) < 4.78 is 8.53. The molecule has 3 aromatic rings. The van der Waals surface area contributed by atoms with Crippen molar-refractivity contribution in [3.63, 3.8) is 0 Å². The van der Waals surface area contributed by atoms with Gasteiger partial charge < -0.3 is 10.1 Å². The monoisotopic (exact) mass is 454 g/mol. The van der Waals surface area contributed by atoms with Gasteiger partial charge in [-0.1, -0.05) is 0 Å². The van der Waals surface area contributed by atoms with Crippen LogP contribution in [0.1, 0.15) is 32.4 Å². The third-order valence-electron chi connectivity index (χ3n) is 4.64. The quantitative estimate of drug-likeness (QED) is 0.484. The van der Waals surface area contributed by atoms with Crippen LogP contribution >= 0.6 is 15.9 Å². The van der Waals surface area contributed by atoms with Gasteiger partial charge in [-0.05, 0) is 47.9 Å². The first kappa shape index (κ1) is 20.0. The molecular weight excluding hydrogens is 433 g/mol. The summed E-state index contributed by atoms with van der Waals surface area (Å²) in [6, 6.07) is 1.99. The zero-order chi connectivity index (χ0) is 20.8. The predicted molar refractivity (Wildman–Crippen MR) is 121 cm³/mol. The van der Waals surface area contributed by atoms with Crippen molar-refractivity contribution in [3.05, 3.63) is 34.8 Å². The molecule has 1 aliphatic carbocycles. The Kier molecular flexibility index (Phi) is 4.96. The molecule has 4 rings (SSSR count). The van der Waals surface area contributed by atoms with Crippen LogP contribution in [0.2, 0.25) is 0 Å². The van der Waals surface area contributed by atoms with Crippen LogP contribution in [0.5, 0.6) is 5.88 Å². The van der Waals surface area contributed by atoms with Crippen molar-refractivity contribution in [2.45, 2.75) is 43.6 Å². The molecule has 0 atom stereocenters. The maximum absolute atomic E-state index is 5.86. The topological polar surface area (TPSA) is 95.6 Å². The Morgan fingerprint density at radius 1 is 1.21 bits per heavy atom. The number of halogens is 1. The van der Waals surface area contributed by atoms with E-state index in [1.165, 1.54) is 0 Å². The molecule has 3 aromatic heterocycles. The molecule has 0 saturated heterocycles. The summed E-state index contributed by atoms with van der Waals surface area (Å²) >= 11 is 3.46. The Hall–Kier alpha value is -2.30. The number of aromatic nitrogens is 7. The van der Waals surface area contributed by atoms with Gasteiger partial charge >= 0.3 is 0 Å². The molecule has 0 spiro atoms. The van der Waals surface area contributed by atoms with E-state index in [1.807, 2.05) is 24.6 Å². The van der Waals surface area contributed by atoms with Gasteiger partial charge in [0.05, 0.1) is 28.8 Å². The lowest BCUT2D eigenvalue weighted by atomic mass is 9.49. The third kappa shape index (κ3) is 4.19. The van der Waals surface area contributed by atoms with Gasteiger partial charge in [0.15, 0.2) is 0 Å². The Balaban J connectivity index is 1.69. The molecule has 0 radical (unpaired) electrons. The van der Waals surface area contributed by atoms with Gasteiger partial charge in [0.2, 0.25) is 11.8 Å². The molecule has 0 bridgehead atoms. The molecular formula is C16H22B3BrN8O. The van der Waals surface area contributed by atoms with Crippen molar-refractivity contribution in [1.82, 2.24) is 34.7 Å². The number of nitrogens with zero attached hydrogens (tertiary/aromatic N) is 7. The largest absolute Gasteiger partial charge is 0.473 e. The SMILES string of the molecule is BC(B)(B)n1nc(C(C)(C)n2nccn2)cc1Nc1ncc(Br)c(OC2CC2)n1. The lowest BCUT2D eigenvalue weighted by Crippen LogP contribution is -2.38. The van der Waals surface area contributed by atoms with Crippen molar-refractivity contribution in [1.29, 1.82) is 0 Å². The fourth-order valence-corrected chi connectivity index (χ4v) is 3.12. The molecule has 0 amide bonds. The fourth-order valence-electron chi connectivity index (χ4n) is 2.84. The molecule has 0 aromatic carbocycles. The standard InChI is InChI=1S/C16H22B3BrN8O/c1-15(2,28-22-5-6-23-28)11-7-12(27(26-11)16(17,18)19)24-14-21-8-10(20)13(25-14)29-9-3-4-9/h5-9H,3-4,17-19H2,1-2H3,(H,21,24,25). The van der Waals surface area contributed by atoms with E-state index in [0.717, 1.165) is 28.8 Å². The second-order valence-corrected chi connectivity index (χ2v) is 9.52. The third-order valence-corrected chi connectivity index (χ3v) is 5.19. The summed E-state index contributed by atoms with van der Waals surface area (Å²) in [6.45, 7) is 4.06. The van der Waals surface area contributed by atoms with E-state index >= 15 is 0 Å². The minimum atomic E-state index is -0.517. The highest BCUT2D eigenvalue weighted by Gasteiger charge is 2.31. The highest BCUT2D eigenvalue weighted by molar-refractivity contribution is 9.10. The summed E-state index contributed by atoms with van der Waals surface area (Å²) in [5, 5.41) is 16.5. The van der Waals surface area contributed by atoms with E-state index in [1.54, 1.807) is 23.4 Å². The van der Waals surface area contributed by atoms with Gasteiger partial charge in [0.1, 0.15) is 41.0 Å². The van der Waals surface area contributed by atoms with Crippen LogP contribution in [-0.2, 0) is 10.8 Å². The molecule has 1 aliphatic rings. The first-order valence-electron chi connectivity index (χ1n) is 9.58. The van der Waals surface area contributed by atoms with E-state index in [0.29, 0.717) is 11.8 Å². The first-order valence-corrected chi connectivity index (χ1v) is 10.4. The van der Waals surface area contributed by atoms with E-state index in [9.17, 15) is 0 Å². The van der Waals surface area contributed by atoms with Crippen LogP contribution in [-0.4, -0.2) is 64.4 Å². The van der Waals surface area contributed by atoms with E-state index < -0.39 is 5.54 Å². The lowest BCUT2D eigenvalue weighted by Gasteiger charge is -2.24. The molecule has 29 heavy (non-hydrogen) atoms. The molecule has 9 nitrogen and oxygen atoms in total. The molecule has 0 aliphatic heterocycles. The van der Waals surface area contributed by atoms with Gasteiger partial charge in [0.25, 0.3) is 0 Å². The van der Waals surface area contributed by atoms with E-state index in [-0.39, 0.29) is 11.3 Å². The molecule has 13 heteroatoms. The minimum Gasteiger partial charge on any atom is -0.473 e. The van der Waals surface area contributed by atoms with E-state index in [4.69, 9.17) is 9.84 Å². The number of ether oxygens (including phenoxy) is 1. The van der Waals surface area contributed by atoms with Crippen LogP contribution in [0.4, 0.5) is 11.8 Å². The summed E-state index contributed by atoms with van der Waals surface area (Å²) in [6.07, 6.45) is 7.41. The molecule has 1 fully saturated rings. The molecule has 3 heterocycles. The van der Waals surface area contributed by atoms with Crippen LogP contribution in [0.15, 0.2) is 29.1 Å². The first-order chi connectivity index (χ1) is 13.6. The summed E-state index contributed by atoms with van der Waals surface area (Å²) in [7, 11) is 6.29. The maximum atomic E-state index is 5.86. The van der Waals surface area contributed by atoms with E-state index in [2.05, 4.69) is 65.0 Å². The Labute approximate surface area is 180 Å². The van der Waals surface area contributed by atoms with Gasteiger partial charge in [-0.15, -0.1) is 0 Å². The summed E-state index contributed by atoms with van der Waals surface area (Å²) in [4.78, 5) is 10.6. The minimum absolute atomic E-state index is 0.253. The number of hydrogen-bond donors (Lipinski definition) is 1. The van der Waals surface area contributed by atoms with Crippen molar-refractivity contribution in [2.75, 3.05) is 5.32 Å². The van der Waals surface area contributed by atoms with Crippen molar-refractivity contribution < 1.29 is 4.74 Å². The van der Waals surface area contributed by atoms with Crippen molar-refractivity contribution in [2.24, 2.45) is 0 Å². The van der Waals surface area contributed by atoms with Crippen molar-refractivity contribution in [3.8, 4) is 5.88 Å². The average molecular weight is 455 g/mol. The summed E-state index contributed by atoms with van der Waals surface area (Å²) in [5.74, 6) is 1.79. The smallest absolute Gasteiger partial charge is 0.233 e. The summed E-state index contributed by atoms with van der Waals surface area (Å²) in [5.41, 5.74) is 0.315. The normalized spacial score (nSPS) is 14.7. The molecule has 1 saturated carbocycles. The maximum Gasteiger partial charge on any atom is 0.233 e. The van der Waals surface area contributed by atoms with Gasteiger partial charge in [-0.2, -0.15) is 25.1 Å². The predicted octanol–water partition coefficient (Wildman–Crippen LogP) is -0.438. The van der Waals surface area contributed by atoms with Crippen LogP contribution in [0.25, 0.3) is 0 Å². The second kappa shape index (κ2) is 7.19. The number of anilines is 2. The Bertz CT molecular complexity index is 1010. The van der Waals surface area contributed by atoms with Crippen molar-refractivity contribution >= 4 is 51.2 Å².